The molecule has 1 saturated heterocycles. The maximum absolute atomic E-state index is 6.31. The molecule has 0 unspecified atom stereocenters. The normalized spacial score (nSPS) is 18.9. The number of piperidine rings is 1. The van der Waals surface area contributed by atoms with Gasteiger partial charge in [-0.15, -0.1) is 0 Å². The first-order valence-electron chi connectivity index (χ1n) is 6.79. The van der Waals surface area contributed by atoms with Crippen LogP contribution in [-0.2, 0) is 6.54 Å². The molecule has 1 aliphatic heterocycles. The Balaban J connectivity index is 1.99. The number of nitrogens with zero attached hydrogens (tertiary/aromatic N) is 1. The van der Waals surface area contributed by atoms with Crippen molar-refractivity contribution in [3.8, 4) is 0 Å². The van der Waals surface area contributed by atoms with Crippen LogP contribution in [0.3, 0.4) is 0 Å². The summed E-state index contributed by atoms with van der Waals surface area (Å²) in [6.07, 6.45) is 4.14. The van der Waals surface area contributed by atoms with E-state index < -0.39 is 0 Å². The third kappa shape index (κ3) is 3.48. The minimum atomic E-state index is -0.0110. The van der Waals surface area contributed by atoms with Crippen LogP contribution >= 0.6 is 35.6 Å². The second-order valence-corrected chi connectivity index (χ2v) is 7.47. The molecule has 0 atom stereocenters. The summed E-state index contributed by atoms with van der Waals surface area (Å²) in [4.78, 5) is 3.08. The quantitative estimate of drug-likeness (QED) is 0.855. The zero-order chi connectivity index (χ0) is 14.8. The van der Waals surface area contributed by atoms with Crippen LogP contribution in [0.15, 0.2) is 18.2 Å². The van der Waals surface area contributed by atoms with Gasteiger partial charge in [-0.05, 0) is 43.2 Å². The van der Waals surface area contributed by atoms with Crippen molar-refractivity contribution in [2.75, 3.05) is 19.3 Å². The highest BCUT2D eigenvalue weighted by Gasteiger charge is 2.36. The molecule has 0 bridgehead atoms. The number of aryl methyl sites for hydroxylation is 1. The van der Waals surface area contributed by atoms with E-state index in [0.717, 1.165) is 37.5 Å². The number of rotatable bonds is 4. The minimum Gasteiger partial charge on any atom is -0.392 e. The highest BCUT2D eigenvalue weighted by atomic mass is 35.5. The van der Waals surface area contributed by atoms with E-state index in [9.17, 15) is 0 Å². The van der Waals surface area contributed by atoms with Gasteiger partial charge in [-0.2, -0.15) is 11.8 Å². The van der Waals surface area contributed by atoms with Crippen LogP contribution in [0.4, 0.5) is 0 Å². The van der Waals surface area contributed by atoms with Gasteiger partial charge >= 0.3 is 0 Å². The lowest BCUT2D eigenvalue weighted by Gasteiger charge is -2.40. The first-order chi connectivity index (χ1) is 9.47. The van der Waals surface area contributed by atoms with Crippen LogP contribution in [0.5, 0.6) is 0 Å². The second-order valence-electron chi connectivity index (χ2n) is 5.43. The van der Waals surface area contributed by atoms with E-state index in [2.05, 4.69) is 30.2 Å². The van der Waals surface area contributed by atoms with Crippen molar-refractivity contribution < 1.29 is 0 Å². The maximum atomic E-state index is 6.31. The van der Waals surface area contributed by atoms with Crippen LogP contribution < -0.4 is 5.73 Å². The van der Waals surface area contributed by atoms with Crippen molar-refractivity contribution >= 4 is 40.6 Å². The molecule has 0 amide bonds. The van der Waals surface area contributed by atoms with Gasteiger partial charge in [-0.3, -0.25) is 4.90 Å². The molecule has 5 heteroatoms. The lowest BCUT2D eigenvalue weighted by atomic mass is 9.95. The van der Waals surface area contributed by atoms with Crippen LogP contribution in [0.1, 0.15) is 24.0 Å². The average molecular weight is 329 g/mol. The number of halogens is 1. The van der Waals surface area contributed by atoms with Gasteiger partial charge in [0.15, 0.2) is 0 Å². The lowest BCUT2D eigenvalue weighted by Crippen LogP contribution is -2.48. The predicted molar refractivity (Wildman–Crippen MR) is 93.7 cm³/mol. The molecule has 1 aromatic carbocycles. The van der Waals surface area contributed by atoms with E-state index >= 15 is 0 Å². The van der Waals surface area contributed by atoms with Crippen LogP contribution in [-0.4, -0.2) is 34.0 Å². The summed E-state index contributed by atoms with van der Waals surface area (Å²) >= 11 is 13.4. The Kier molecular flexibility index (Phi) is 5.35. The molecule has 1 aliphatic rings. The van der Waals surface area contributed by atoms with Gasteiger partial charge in [0.25, 0.3) is 0 Å². The topological polar surface area (TPSA) is 29.3 Å². The SMILES string of the molecule is CSC1(C(N)=S)CCN(Cc2ccc(C)cc2Cl)CC1. The first-order valence-corrected chi connectivity index (χ1v) is 8.80. The van der Waals surface area contributed by atoms with Gasteiger partial charge in [-0.25, -0.2) is 0 Å². The molecule has 0 spiro atoms. The smallest absolute Gasteiger partial charge is 0.0891 e. The molecule has 0 aliphatic carbocycles. The third-order valence-corrected chi connectivity index (χ3v) is 6.39. The number of likely N-dealkylation sites (tertiary alicyclic amines) is 1. The molecule has 1 fully saturated rings. The predicted octanol–water partition coefficient (Wildman–Crippen LogP) is 3.63. The van der Waals surface area contributed by atoms with Gasteiger partial charge in [0.2, 0.25) is 0 Å². The highest BCUT2D eigenvalue weighted by Crippen LogP contribution is 2.35. The number of thioether (sulfide) groups is 1. The zero-order valence-corrected chi connectivity index (χ0v) is 14.4. The highest BCUT2D eigenvalue weighted by molar-refractivity contribution is 8.02. The van der Waals surface area contributed by atoms with Crippen molar-refractivity contribution in [3.63, 3.8) is 0 Å². The number of thiocarbonyl (C=S) groups is 1. The van der Waals surface area contributed by atoms with E-state index in [0.29, 0.717) is 4.99 Å². The Morgan fingerprint density at radius 2 is 2.10 bits per heavy atom. The number of benzene rings is 1. The minimum absolute atomic E-state index is 0.0110. The van der Waals surface area contributed by atoms with E-state index in [1.807, 2.05) is 6.07 Å². The standard InChI is InChI=1S/C15H21ClN2S2/c1-11-3-4-12(13(16)9-11)10-18-7-5-15(20-2,6-8-18)14(17)19/h3-4,9H,5-8,10H2,1-2H3,(H2,17,19). The van der Waals surface area contributed by atoms with Crippen molar-refractivity contribution in [3.05, 3.63) is 34.3 Å². The summed E-state index contributed by atoms with van der Waals surface area (Å²) in [6, 6.07) is 6.27. The molecule has 0 saturated carbocycles. The third-order valence-electron chi connectivity index (χ3n) is 4.11. The fourth-order valence-electron chi connectivity index (χ4n) is 2.64. The lowest BCUT2D eigenvalue weighted by molar-refractivity contribution is 0.212. The Bertz CT molecular complexity index is 497. The zero-order valence-electron chi connectivity index (χ0n) is 12.0. The Morgan fingerprint density at radius 3 is 2.60 bits per heavy atom. The first kappa shape index (κ1) is 16.1. The molecule has 110 valence electrons. The summed E-state index contributed by atoms with van der Waals surface area (Å²) in [6.45, 7) is 5.00. The molecule has 2 nitrogen and oxygen atoms in total. The fraction of sp³-hybridized carbons (Fsp3) is 0.533. The Hall–Kier alpha value is -0.290. The Morgan fingerprint density at radius 1 is 1.45 bits per heavy atom. The largest absolute Gasteiger partial charge is 0.392 e. The monoisotopic (exact) mass is 328 g/mol. The summed E-state index contributed by atoms with van der Waals surface area (Å²) in [5.41, 5.74) is 8.32. The number of hydrogen-bond donors (Lipinski definition) is 1. The van der Waals surface area contributed by atoms with Crippen molar-refractivity contribution in [2.45, 2.75) is 31.1 Å². The summed E-state index contributed by atoms with van der Waals surface area (Å²) in [5, 5.41) is 0.862. The Labute approximate surface area is 136 Å². The number of hydrogen-bond acceptors (Lipinski definition) is 3. The molecule has 1 heterocycles. The van der Waals surface area contributed by atoms with E-state index in [1.165, 1.54) is 11.1 Å². The van der Waals surface area contributed by atoms with E-state index in [4.69, 9.17) is 29.6 Å². The fourth-order valence-corrected chi connectivity index (χ4v) is 4.19. The molecule has 0 radical (unpaired) electrons. The molecular formula is C15H21ClN2S2. The number of nitrogens with two attached hydrogens (primary N) is 1. The van der Waals surface area contributed by atoms with Gasteiger partial charge in [-0.1, -0.05) is 36.0 Å². The summed E-state index contributed by atoms with van der Waals surface area (Å²) < 4.78 is -0.0110. The summed E-state index contributed by atoms with van der Waals surface area (Å²) in [5.74, 6) is 0. The summed E-state index contributed by atoms with van der Waals surface area (Å²) in [7, 11) is 0. The molecule has 1 aromatic rings. The van der Waals surface area contributed by atoms with Crippen LogP contribution in [0.2, 0.25) is 5.02 Å². The van der Waals surface area contributed by atoms with Crippen molar-refractivity contribution in [1.82, 2.24) is 4.90 Å². The second kappa shape index (κ2) is 6.65. The molecule has 2 N–H and O–H groups in total. The van der Waals surface area contributed by atoms with E-state index in [1.54, 1.807) is 11.8 Å². The van der Waals surface area contributed by atoms with Gasteiger partial charge in [0, 0.05) is 24.7 Å². The molecule has 20 heavy (non-hydrogen) atoms. The average Bonchev–Trinajstić information content (AvgIpc) is 2.42. The molecular weight excluding hydrogens is 308 g/mol. The molecule has 2 rings (SSSR count). The van der Waals surface area contributed by atoms with Gasteiger partial charge in [0.1, 0.15) is 0 Å². The van der Waals surface area contributed by atoms with Crippen LogP contribution in [0, 0.1) is 6.92 Å². The molecule has 0 aromatic heterocycles. The van der Waals surface area contributed by atoms with E-state index in [-0.39, 0.29) is 4.75 Å². The van der Waals surface area contributed by atoms with Crippen LogP contribution in [0.25, 0.3) is 0 Å². The van der Waals surface area contributed by atoms with Crippen molar-refractivity contribution in [1.29, 1.82) is 0 Å². The van der Waals surface area contributed by atoms with Crippen molar-refractivity contribution in [2.24, 2.45) is 5.73 Å². The van der Waals surface area contributed by atoms with Gasteiger partial charge < -0.3 is 5.73 Å². The van der Waals surface area contributed by atoms with Gasteiger partial charge in [0.05, 0.1) is 9.74 Å². The maximum Gasteiger partial charge on any atom is 0.0891 e.